The predicted octanol–water partition coefficient (Wildman–Crippen LogP) is -0.462. The molecule has 1 fully saturated rings. The Morgan fingerprint density at radius 3 is 1.60 bits per heavy atom. The Kier molecular flexibility index (Phi) is 12.0. The molecule has 0 spiro atoms. The van der Waals surface area contributed by atoms with Gasteiger partial charge in [-0.2, -0.15) is 0 Å². The van der Waals surface area contributed by atoms with E-state index in [1.165, 1.54) is 13.1 Å². The molecule has 90 valence electrons. The second kappa shape index (κ2) is 11.3. The van der Waals surface area contributed by atoms with Crippen molar-refractivity contribution in [3.63, 3.8) is 0 Å². The molecule has 1 saturated heterocycles. The van der Waals surface area contributed by atoms with E-state index in [4.69, 9.17) is 0 Å². The summed E-state index contributed by atoms with van der Waals surface area (Å²) in [6.45, 7) is 9.08. The molecule has 1 heterocycles. The van der Waals surface area contributed by atoms with Crippen LogP contribution in [0.25, 0.3) is 0 Å². The van der Waals surface area contributed by atoms with Crippen molar-refractivity contribution in [3.8, 4) is 0 Å². The van der Waals surface area contributed by atoms with Crippen LogP contribution in [0.3, 0.4) is 0 Å². The van der Waals surface area contributed by atoms with Gasteiger partial charge >= 0.3 is 96.3 Å². The summed E-state index contributed by atoms with van der Waals surface area (Å²) in [4.78, 5) is 0. The van der Waals surface area contributed by atoms with E-state index in [2.05, 4.69) is 24.6 Å². The first-order valence-corrected chi connectivity index (χ1v) is 7.74. The molecule has 0 bridgehead atoms. The van der Waals surface area contributed by atoms with Gasteiger partial charge in [-0.3, -0.25) is 0 Å². The molecule has 0 unspecified atom stereocenters. The van der Waals surface area contributed by atoms with Gasteiger partial charge in [-0.1, -0.05) is 0 Å². The molecule has 0 saturated carbocycles. The maximum absolute atomic E-state index is 3.46. The van der Waals surface area contributed by atoms with Crippen molar-refractivity contribution in [2.75, 3.05) is 52.4 Å². The molecular weight excluding hydrogens is 247 g/mol. The van der Waals surface area contributed by atoms with E-state index >= 15 is 0 Å². The zero-order valence-electron chi connectivity index (χ0n) is 9.51. The molecule has 4 nitrogen and oxygen atoms in total. The van der Waals surface area contributed by atoms with E-state index < -0.39 is 0 Å². The molecule has 0 aromatic rings. The summed E-state index contributed by atoms with van der Waals surface area (Å²) >= 11 is 0.135. The zero-order chi connectivity index (χ0) is 10.1. The third kappa shape index (κ3) is 8.63. The van der Waals surface area contributed by atoms with Gasteiger partial charge in [-0.05, 0) is 0 Å². The van der Waals surface area contributed by atoms with Crippen molar-refractivity contribution in [3.05, 3.63) is 0 Å². The van der Waals surface area contributed by atoms with E-state index in [1.54, 1.807) is 0 Å². The van der Waals surface area contributed by atoms with Crippen LogP contribution in [-0.2, 0) is 19.4 Å². The molecule has 0 radical (unpaired) electrons. The summed E-state index contributed by atoms with van der Waals surface area (Å²) < 4.78 is 2.61. The van der Waals surface area contributed by atoms with Crippen LogP contribution in [0, 0.1) is 0 Å². The number of nitrogens with one attached hydrogen (secondary N) is 3. The summed E-state index contributed by atoms with van der Waals surface area (Å²) in [7, 11) is 0. The topological polar surface area (TPSA) is 39.3 Å². The summed E-state index contributed by atoms with van der Waals surface area (Å²) in [5.74, 6) is 0. The van der Waals surface area contributed by atoms with Gasteiger partial charge < -0.3 is 0 Å². The van der Waals surface area contributed by atoms with Gasteiger partial charge in [0.15, 0.2) is 0 Å². The molecule has 1 rings (SSSR count). The van der Waals surface area contributed by atoms with E-state index in [1.807, 2.05) is 0 Å². The van der Waals surface area contributed by atoms with Crippen LogP contribution < -0.4 is 16.0 Å². The number of rotatable bonds is 1. The van der Waals surface area contributed by atoms with Gasteiger partial charge in [0, 0.05) is 0 Å². The molecule has 1 aliphatic heterocycles. The van der Waals surface area contributed by atoms with Crippen molar-refractivity contribution in [2.24, 2.45) is 0 Å². The van der Waals surface area contributed by atoms with Crippen LogP contribution in [0.4, 0.5) is 0 Å². The van der Waals surface area contributed by atoms with Gasteiger partial charge in [0.2, 0.25) is 0 Å². The van der Waals surface area contributed by atoms with Gasteiger partial charge in [-0.25, -0.2) is 0 Å². The molecule has 0 atom stereocenters. The molecule has 15 heavy (non-hydrogen) atoms. The molecule has 0 aliphatic carbocycles. The van der Waals surface area contributed by atoms with Gasteiger partial charge in [0.1, 0.15) is 0 Å². The van der Waals surface area contributed by atoms with Crippen LogP contribution >= 0.6 is 12.4 Å². The van der Waals surface area contributed by atoms with Crippen LogP contribution in [0.15, 0.2) is 0 Å². The molecule has 6 heteroatoms. The molecule has 0 aromatic heterocycles. The fourth-order valence-electron chi connectivity index (χ4n) is 1.49. The van der Waals surface area contributed by atoms with E-state index in [-0.39, 0.29) is 31.8 Å². The molecule has 0 amide bonds. The minimum atomic E-state index is 0. The third-order valence-electron chi connectivity index (χ3n) is 2.39. The van der Waals surface area contributed by atoms with Crippen molar-refractivity contribution >= 4 is 12.4 Å². The van der Waals surface area contributed by atoms with Crippen molar-refractivity contribution < 1.29 is 19.4 Å². The Hall–Kier alpha value is 0.844. The fraction of sp³-hybridized carbons (Fsp3) is 1.00. The average Bonchev–Trinajstić information content (AvgIpc) is 2.19. The van der Waals surface area contributed by atoms with E-state index in [0.29, 0.717) is 0 Å². The first-order valence-electron chi connectivity index (χ1n) is 5.48. The van der Waals surface area contributed by atoms with Gasteiger partial charge in [0.05, 0.1) is 0 Å². The minimum absolute atomic E-state index is 0. The Morgan fingerprint density at radius 2 is 1.20 bits per heavy atom. The van der Waals surface area contributed by atoms with Crippen LogP contribution in [0.1, 0.15) is 0 Å². The first-order chi connectivity index (χ1) is 6.93. The first kappa shape index (κ1) is 15.8. The fourth-order valence-corrected chi connectivity index (χ4v) is 2.54. The SMILES string of the molecule is Cl.[CH3][Ti][N]1CCNCCNCCNCC1. The maximum atomic E-state index is 3.46. The summed E-state index contributed by atoms with van der Waals surface area (Å²) in [5, 5.41) is 12.7. The number of halogens is 1. The quantitative estimate of drug-likeness (QED) is 0.564. The number of hydrogen-bond acceptors (Lipinski definition) is 4. The Balaban J connectivity index is 0.00000196. The molecule has 1 aliphatic rings. The van der Waals surface area contributed by atoms with Crippen LogP contribution in [-0.4, -0.2) is 55.7 Å². The predicted molar refractivity (Wildman–Crippen MR) is 63.3 cm³/mol. The molecule has 0 aromatic carbocycles. The zero-order valence-corrected chi connectivity index (χ0v) is 11.9. The number of hydrogen-bond donors (Lipinski definition) is 3. The monoisotopic (exact) mass is 270 g/mol. The Labute approximate surface area is 109 Å². The number of nitrogens with zero attached hydrogens (tertiary/aromatic N) is 1. The van der Waals surface area contributed by atoms with Crippen LogP contribution in [0.5, 0.6) is 0 Å². The molecular formula is C9H23ClN4Ti. The normalized spacial score (nSPS) is 21.9. The van der Waals surface area contributed by atoms with E-state index in [0.717, 1.165) is 39.3 Å². The summed E-state index contributed by atoms with van der Waals surface area (Å²) in [6.07, 6.45) is 0. The summed E-state index contributed by atoms with van der Waals surface area (Å²) in [5.41, 5.74) is 0. The van der Waals surface area contributed by atoms with Crippen molar-refractivity contribution in [1.29, 1.82) is 0 Å². The standard InChI is InChI=1S/C8H19N4.CH3.ClH.Ti/c1-2-10-5-6-12-8-7-11-4-3-9-1;;;/h9-11H,1-8H2;1H3;1H;/q-1;;;+1. The Morgan fingerprint density at radius 1 is 0.800 bits per heavy atom. The third-order valence-corrected chi connectivity index (χ3v) is 4.08. The van der Waals surface area contributed by atoms with Gasteiger partial charge in [-0.15, -0.1) is 12.4 Å². The summed E-state index contributed by atoms with van der Waals surface area (Å²) in [6, 6.07) is 0. The molecule has 3 N–H and O–H groups in total. The second-order valence-electron chi connectivity index (χ2n) is 3.46. The van der Waals surface area contributed by atoms with Gasteiger partial charge in [0.25, 0.3) is 0 Å². The van der Waals surface area contributed by atoms with E-state index in [9.17, 15) is 0 Å². The van der Waals surface area contributed by atoms with Crippen molar-refractivity contribution in [1.82, 2.24) is 19.3 Å². The average molecular weight is 271 g/mol. The second-order valence-corrected chi connectivity index (χ2v) is 5.15. The van der Waals surface area contributed by atoms with Crippen LogP contribution in [0.2, 0.25) is 5.23 Å². The van der Waals surface area contributed by atoms with Crippen molar-refractivity contribution in [2.45, 2.75) is 5.23 Å². The Bertz CT molecular complexity index is 127.